The maximum Gasteiger partial charge on any atom is 0.321 e. The number of carbonyl (C=O) groups excluding carboxylic acids is 3. The number of carbonyl (C=O) groups is 3. The topological polar surface area (TPSA) is 93.7 Å². The summed E-state index contributed by atoms with van der Waals surface area (Å²) in [4.78, 5) is 34.2. The van der Waals surface area contributed by atoms with Crippen molar-refractivity contribution in [3.05, 3.63) is 29.8 Å². The molecule has 1 aromatic rings. The van der Waals surface area contributed by atoms with Crippen molar-refractivity contribution >= 4 is 17.9 Å². The van der Waals surface area contributed by atoms with E-state index in [0.717, 1.165) is 0 Å². The number of hydrogen-bond donors (Lipinski definition) is 2. The van der Waals surface area contributed by atoms with E-state index in [1.807, 2.05) is 5.32 Å². The monoisotopic (exact) mass is 294 g/mol. The van der Waals surface area contributed by atoms with Gasteiger partial charge in [-0.05, 0) is 24.6 Å². The number of urea groups is 1. The standard InChI is InChI=1S/C14H18N2O5/c1-9(13(18)16-14(19)15-2)21-12(17)8-10-5-4-6-11(7-10)20-3/h4-7,9H,8H2,1-3H3,(H2,15,16,18,19)/t9-/m0/s1. The fourth-order valence-electron chi connectivity index (χ4n) is 1.52. The number of esters is 1. The van der Waals surface area contributed by atoms with E-state index >= 15 is 0 Å². The van der Waals surface area contributed by atoms with Gasteiger partial charge in [0.25, 0.3) is 5.91 Å². The zero-order chi connectivity index (χ0) is 15.8. The van der Waals surface area contributed by atoms with Crippen LogP contribution in [0.25, 0.3) is 0 Å². The molecule has 7 nitrogen and oxygen atoms in total. The summed E-state index contributed by atoms with van der Waals surface area (Å²) in [6, 6.07) is 6.31. The van der Waals surface area contributed by atoms with Crippen molar-refractivity contribution < 1.29 is 23.9 Å². The van der Waals surface area contributed by atoms with Crippen molar-refractivity contribution in [1.82, 2.24) is 10.6 Å². The molecule has 0 radical (unpaired) electrons. The number of hydrogen-bond acceptors (Lipinski definition) is 5. The first-order valence-electron chi connectivity index (χ1n) is 6.31. The highest BCUT2D eigenvalue weighted by molar-refractivity contribution is 5.97. The summed E-state index contributed by atoms with van der Waals surface area (Å²) in [5.74, 6) is -0.623. The van der Waals surface area contributed by atoms with Crippen LogP contribution in [0.1, 0.15) is 12.5 Å². The van der Waals surface area contributed by atoms with Crippen molar-refractivity contribution in [2.45, 2.75) is 19.4 Å². The van der Waals surface area contributed by atoms with Crippen molar-refractivity contribution in [3.63, 3.8) is 0 Å². The van der Waals surface area contributed by atoms with E-state index in [2.05, 4.69) is 5.32 Å². The number of ether oxygens (including phenoxy) is 2. The number of nitrogens with one attached hydrogen (secondary N) is 2. The highest BCUT2D eigenvalue weighted by atomic mass is 16.5. The third-order valence-electron chi connectivity index (χ3n) is 2.62. The van der Waals surface area contributed by atoms with Crippen LogP contribution in [0, 0.1) is 0 Å². The second-order valence-corrected chi connectivity index (χ2v) is 4.23. The second-order valence-electron chi connectivity index (χ2n) is 4.23. The third kappa shape index (κ3) is 5.52. The molecule has 0 aliphatic heterocycles. The van der Waals surface area contributed by atoms with Crippen LogP contribution < -0.4 is 15.4 Å². The zero-order valence-corrected chi connectivity index (χ0v) is 12.1. The van der Waals surface area contributed by atoms with Crippen LogP contribution in [0.5, 0.6) is 5.75 Å². The highest BCUT2D eigenvalue weighted by Gasteiger charge is 2.19. The summed E-state index contributed by atoms with van der Waals surface area (Å²) in [5.41, 5.74) is 0.707. The molecular formula is C14H18N2O5. The maximum atomic E-state index is 11.7. The predicted molar refractivity (Wildman–Crippen MR) is 74.9 cm³/mol. The van der Waals surface area contributed by atoms with Gasteiger partial charge in [0.05, 0.1) is 13.5 Å². The molecule has 0 saturated heterocycles. The lowest BCUT2D eigenvalue weighted by atomic mass is 10.1. The second kappa shape index (κ2) is 7.88. The molecule has 0 heterocycles. The summed E-state index contributed by atoms with van der Waals surface area (Å²) in [6.45, 7) is 1.39. The molecule has 3 amide bonds. The maximum absolute atomic E-state index is 11.7. The molecular weight excluding hydrogens is 276 g/mol. The Morgan fingerprint density at radius 2 is 2.00 bits per heavy atom. The Bertz CT molecular complexity index is 530. The summed E-state index contributed by atoms with van der Waals surface area (Å²) < 4.78 is 10.0. The molecule has 0 aliphatic rings. The van der Waals surface area contributed by atoms with Crippen LogP contribution in [-0.4, -0.2) is 38.2 Å². The van der Waals surface area contributed by atoms with E-state index in [-0.39, 0.29) is 6.42 Å². The van der Waals surface area contributed by atoms with Gasteiger partial charge in [-0.15, -0.1) is 0 Å². The highest BCUT2D eigenvalue weighted by Crippen LogP contribution is 2.13. The average Bonchev–Trinajstić information content (AvgIpc) is 2.46. The molecule has 0 aromatic heterocycles. The fraction of sp³-hybridized carbons (Fsp3) is 0.357. The predicted octanol–water partition coefficient (Wildman–Crippen LogP) is 0.625. The largest absolute Gasteiger partial charge is 0.497 e. The molecule has 2 N–H and O–H groups in total. The van der Waals surface area contributed by atoms with Gasteiger partial charge in [-0.2, -0.15) is 0 Å². The number of benzene rings is 1. The molecule has 21 heavy (non-hydrogen) atoms. The quantitative estimate of drug-likeness (QED) is 0.777. The fourth-order valence-corrected chi connectivity index (χ4v) is 1.52. The lowest BCUT2D eigenvalue weighted by molar-refractivity contribution is -0.153. The van der Waals surface area contributed by atoms with Gasteiger partial charge in [-0.25, -0.2) is 4.79 Å². The van der Waals surface area contributed by atoms with Crippen molar-refractivity contribution in [1.29, 1.82) is 0 Å². The van der Waals surface area contributed by atoms with Gasteiger partial charge in [0.2, 0.25) is 0 Å². The van der Waals surface area contributed by atoms with Crippen molar-refractivity contribution in [2.75, 3.05) is 14.2 Å². The molecule has 0 aliphatic carbocycles. The van der Waals surface area contributed by atoms with Gasteiger partial charge < -0.3 is 14.8 Å². The summed E-state index contributed by atoms with van der Waals surface area (Å²) >= 11 is 0. The SMILES string of the molecule is CNC(=O)NC(=O)[C@H](C)OC(=O)Cc1cccc(OC)c1. The molecule has 1 aromatic carbocycles. The van der Waals surface area contributed by atoms with Gasteiger partial charge in [0.1, 0.15) is 5.75 Å². The molecule has 1 atom stereocenters. The third-order valence-corrected chi connectivity index (χ3v) is 2.62. The lowest BCUT2D eigenvalue weighted by Gasteiger charge is -2.12. The van der Waals surface area contributed by atoms with E-state index in [9.17, 15) is 14.4 Å². The van der Waals surface area contributed by atoms with Gasteiger partial charge in [0, 0.05) is 7.05 Å². The van der Waals surface area contributed by atoms with Crippen LogP contribution >= 0.6 is 0 Å². The molecule has 0 saturated carbocycles. The van der Waals surface area contributed by atoms with Gasteiger partial charge >= 0.3 is 12.0 Å². The minimum atomic E-state index is -1.06. The average molecular weight is 294 g/mol. The molecule has 0 spiro atoms. The zero-order valence-electron chi connectivity index (χ0n) is 12.1. The summed E-state index contributed by atoms with van der Waals surface area (Å²) in [5, 5.41) is 4.26. The summed E-state index contributed by atoms with van der Waals surface area (Å²) in [6.07, 6.45) is -1.05. The molecule has 0 unspecified atom stereocenters. The van der Waals surface area contributed by atoms with Crippen LogP contribution in [0.3, 0.4) is 0 Å². The van der Waals surface area contributed by atoms with Crippen LogP contribution in [-0.2, 0) is 20.7 Å². The minimum absolute atomic E-state index is 0.00872. The minimum Gasteiger partial charge on any atom is -0.497 e. The van der Waals surface area contributed by atoms with E-state index in [0.29, 0.717) is 11.3 Å². The van der Waals surface area contributed by atoms with Crippen LogP contribution in [0.15, 0.2) is 24.3 Å². The Balaban J connectivity index is 2.52. The Kier molecular flexibility index (Phi) is 6.19. The van der Waals surface area contributed by atoms with Crippen molar-refractivity contribution in [2.24, 2.45) is 0 Å². The Morgan fingerprint density at radius 3 is 2.62 bits per heavy atom. The van der Waals surface area contributed by atoms with Crippen molar-refractivity contribution in [3.8, 4) is 5.75 Å². The number of methoxy groups -OCH3 is 1. The molecule has 7 heteroatoms. The van der Waals surface area contributed by atoms with E-state index in [1.54, 1.807) is 24.3 Å². The summed E-state index contributed by atoms with van der Waals surface area (Å²) in [7, 11) is 2.91. The molecule has 114 valence electrons. The van der Waals surface area contributed by atoms with E-state index < -0.39 is 24.0 Å². The number of amides is 3. The van der Waals surface area contributed by atoms with Gasteiger partial charge in [-0.3, -0.25) is 14.9 Å². The molecule has 0 bridgehead atoms. The Morgan fingerprint density at radius 1 is 1.29 bits per heavy atom. The lowest BCUT2D eigenvalue weighted by Crippen LogP contribution is -2.43. The Labute approximate surface area is 122 Å². The first-order valence-corrected chi connectivity index (χ1v) is 6.31. The van der Waals surface area contributed by atoms with Gasteiger partial charge in [0.15, 0.2) is 6.10 Å². The van der Waals surface area contributed by atoms with E-state index in [1.165, 1.54) is 21.1 Å². The number of rotatable bonds is 5. The Hall–Kier alpha value is -2.57. The van der Waals surface area contributed by atoms with Crippen LogP contribution in [0.4, 0.5) is 4.79 Å². The first kappa shape index (κ1) is 16.5. The van der Waals surface area contributed by atoms with Gasteiger partial charge in [-0.1, -0.05) is 12.1 Å². The normalized spacial score (nSPS) is 11.2. The molecule has 0 fully saturated rings. The first-order chi connectivity index (χ1) is 9.96. The van der Waals surface area contributed by atoms with E-state index in [4.69, 9.17) is 9.47 Å². The smallest absolute Gasteiger partial charge is 0.321 e. The molecule has 1 rings (SSSR count). The van der Waals surface area contributed by atoms with Crippen LogP contribution in [0.2, 0.25) is 0 Å². The number of imide groups is 1.